The van der Waals surface area contributed by atoms with E-state index in [1.807, 2.05) is 6.07 Å². The molecule has 0 radical (unpaired) electrons. The molecule has 0 saturated heterocycles. The molecule has 2 rings (SSSR count). The molecule has 5 heteroatoms. The first-order valence-electron chi connectivity index (χ1n) is 7.43. The van der Waals surface area contributed by atoms with Crippen LogP contribution >= 0.6 is 0 Å². The number of rotatable bonds is 7. The number of aliphatic hydroxyl groups excluding tert-OH is 1. The molecule has 0 amide bonds. The SMILES string of the molecule is CCCc1nc2cc(C(=O)O)ccc2n1CCCC(C)O. The highest BCUT2D eigenvalue weighted by Crippen LogP contribution is 2.20. The van der Waals surface area contributed by atoms with Gasteiger partial charge in [-0.15, -0.1) is 0 Å². The molecule has 1 aromatic heterocycles. The molecule has 114 valence electrons. The zero-order valence-corrected chi connectivity index (χ0v) is 12.5. The van der Waals surface area contributed by atoms with Gasteiger partial charge in [0.15, 0.2) is 0 Å². The van der Waals surface area contributed by atoms with Crippen LogP contribution < -0.4 is 0 Å². The van der Waals surface area contributed by atoms with Gasteiger partial charge in [-0.1, -0.05) is 6.92 Å². The molecule has 0 aliphatic heterocycles. The van der Waals surface area contributed by atoms with Crippen LogP contribution in [0, 0.1) is 0 Å². The van der Waals surface area contributed by atoms with E-state index in [1.54, 1.807) is 19.1 Å². The molecule has 0 aliphatic rings. The highest BCUT2D eigenvalue weighted by atomic mass is 16.4. The number of nitrogens with zero attached hydrogens (tertiary/aromatic N) is 2. The minimum absolute atomic E-state index is 0.263. The maximum atomic E-state index is 11.0. The quantitative estimate of drug-likeness (QED) is 0.822. The molecule has 1 heterocycles. The van der Waals surface area contributed by atoms with Crippen molar-refractivity contribution in [2.24, 2.45) is 0 Å². The Kier molecular flexibility index (Phi) is 4.96. The molecule has 21 heavy (non-hydrogen) atoms. The molecule has 0 saturated carbocycles. The summed E-state index contributed by atoms with van der Waals surface area (Å²) in [6, 6.07) is 5.07. The summed E-state index contributed by atoms with van der Waals surface area (Å²) in [6.45, 7) is 4.68. The van der Waals surface area contributed by atoms with E-state index in [0.29, 0.717) is 0 Å². The average molecular weight is 290 g/mol. The summed E-state index contributed by atoms with van der Waals surface area (Å²) in [6.07, 6.45) is 3.18. The summed E-state index contributed by atoms with van der Waals surface area (Å²) in [4.78, 5) is 15.6. The van der Waals surface area contributed by atoms with Crippen molar-refractivity contribution in [2.45, 2.75) is 52.2 Å². The fraction of sp³-hybridized carbons (Fsp3) is 0.500. The molecule has 1 atom stereocenters. The third-order valence-electron chi connectivity index (χ3n) is 3.55. The largest absolute Gasteiger partial charge is 0.478 e. The Bertz CT molecular complexity index is 632. The van der Waals surface area contributed by atoms with Crippen LogP contribution in [0.1, 0.15) is 49.3 Å². The van der Waals surface area contributed by atoms with E-state index in [2.05, 4.69) is 16.5 Å². The van der Waals surface area contributed by atoms with Gasteiger partial charge in [-0.3, -0.25) is 0 Å². The second kappa shape index (κ2) is 6.72. The molecule has 0 bridgehead atoms. The fourth-order valence-corrected chi connectivity index (χ4v) is 2.52. The van der Waals surface area contributed by atoms with Crippen LogP contribution in [0.15, 0.2) is 18.2 Å². The summed E-state index contributed by atoms with van der Waals surface area (Å²) >= 11 is 0. The van der Waals surface area contributed by atoms with Crippen molar-refractivity contribution < 1.29 is 15.0 Å². The van der Waals surface area contributed by atoms with Crippen LogP contribution in [0.5, 0.6) is 0 Å². The van der Waals surface area contributed by atoms with Crippen molar-refractivity contribution in [3.05, 3.63) is 29.6 Å². The minimum atomic E-state index is -0.933. The van der Waals surface area contributed by atoms with Gasteiger partial charge in [0, 0.05) is 13.0 Å². The Balaban J connectivity index is 2.35. The fourth-order valence-electron chi connectivity index (χ4n) is 2.52. The zero-order chi connectivity index (χ0) is 15.4. The predicted octanol–water partition coefficient (Wildman–Crippen LogP) is 2.85. The Morgan fingerprint density at radius 2 is 2.19 bits per heavy atom. The van der Waals surface area contributed by atoms with Gasteiger partial charge in [-0.2, -0.15) is 0 Å². The molecular weight excluding hydrogens is 268 g/mol. The van der Waals surface area contributed by atoms with Crippen LogP contribution in [0.25, 0.3) is 11.0 Å². The number of fused-ring (bicyclic) bond motifs is 1. The van der Waals surface area contributed by atoms with Crippen molar-refractivity contribution in [2.75, 3.05) is 0 Å². The van der Waals surface area contributed by atoms with Crippen LogP contribution in [0.3, 0.4) is 0 Å². The van der Waals surface area contributed by atoms with Gasteiger partial charge in [-0.25, -0.2) is 9.78 Å². The molecule has 1 aromatic carbocycles. The minimum Gasteiger partial charge on any atom is -0.478 e. The van der Waals surface area contributed by atoms with Gasteiger partial charge in [0.05, 0.1) is 22.7 Å². The van der Waals surface area contributed by atoms with Crippen LogP contribution in [-0.2, 0) is 13.0 Å². The van der Waals surface area contributed by atoms with E-state index in [0.717, 1.165) is 49.1 Å². The number of carbonyl (C=O) groups is 1. The smallest absolute Gasteiger partial charge is 0.335 e. The second-order valence-electron chi connectivity index (χ2n) is 5.43. The van der Waals surface area contributed by atoms with Crippen LogP contribution in [0.4, 0.5) is 0 Å². The van der Waals surface area contributed by atoms with Gasteiger partial charge < -0.3 is 14.8 Å². The summed E-state index contributed by atoms with van der Waals surface area (Å²) in [5, 5.41) is 18.4. The lowest BCUT2D eigenvalue weighted by atomic mass is 10.2. The number of aromatic nitrogens is 2. The average Bonchev–Trinajstić information content (AvgIpc) is 2.76. The number of imidazole rings is 1. The Labute approximate surface area is 124 Å². The molecule has 2 aromatic rings. The molecule has 5 nitrogen and oxygen atoms in total. The summed E-state index contributed by atoms with van der Waals surface area (Å²) in [7, 11) is 0. The highest BCUT2D eigenvalue weighted by molar-refractivity contribution is 5.92. The van der Waals surface area contributed by atoms with Crippen molar-refractivity contribution in [1.29, 1.82) is 0 Å². The van der Waals surface area contributed by atoms with Gasteiger partial charge in [0.25, 0.3) is 0 Å². The van der Waals surface area contributed by atoms with E-state index < -0.39 is 5.97 Å². The zero-order valence-electron chi connectivity index (χ0n) is 12.5. The number of aryl methyl sites for hydroxylation is 2. The Morgan fingerprint density at radius 1 is 1.43 bits per heavy atom. The van der Waals surface area contributed by atoms with Gasteiger partial charge in [-0.05, 0) is 44.4 Å². The first-order valence-corrected chi connectivity index (χ1v) is 7.43. The summed E-state index contributed by atoms with van der Waals surface area (Å²) in [5.74, 6) is 0.0539. The molecule has 1 unspecified atom stereocenters. The molecule has 0 fully saturated rings. The van der Waals surface area contributed by atoms with Gasteiger partial charge in [0.2, 0.25) is 0 Å². The Hall–Kier alpha value is -1.88. The van der Waals surface area contributed by atoms with Crippen LogP contribution in [0.2, 0.25) is 0 Å². The summed E-state index contributed by atoms with van der Waals surface area (Å²) < 4.78 is 2.15. The number of carboxylic acids is 1. The lowest BCUT2D eigenvalue weighted by Crippen LogP contribution is -2.07. The van der Waals surface area contributed by atoms with E-state index in [4.69, 9.17) is 5.11 Å². The summed E-state index contributed by atoms with van der Waals surface area (Å²) in [5.41, 5.74) is 1.96. The number of hydrogen-bond donors (Lipinski definition) is 2. The monoisotopic (exact) mass is 290 g/mol. The number of carboxylic acid groups (broad SMARTS) is 1. The van der Waals surface area contributed by atoms with Crippen molar-refractivity contribution >= 4 is 17.0 Å². The van der Waals surface area contributed by atoms with Gasteiger partial charge in [0.1, 0.15) is 5.82 Å². The molecular formula is C16H22N2O3. The third kappa shape index (κ3) is 3.61. The predicted molar refractivity (Wildman–Crippen MR) is 81.6 cm³/mol. The molecule has 0 aliphatic carbocycles. The number of benzene rings is 1. The topological polar surface area (TPSA) is 75.3 Å². The first-order chi connectivity index (χ1) is 10.0. The lowest BCUT2D eigenvalue weighted by molar-refractivity contribution is 0.0697. The maximum Gasteiger partial charge on any atom is 0.335 e. The number of aromatic carboxylic acids is 1. The molecule has 2 N–H and O–H groups in total. The van der Waals surface area contributed by atoms with E-state index in [1.165, 1.54) is 0 Å². The standard InChI is InChI=1S/C16H22N2O3/c1-3-5-15-17-13-10-12(16(20)21)7-8-14(13)18(15)9-4-6-11(2)19/h7-8,10-11,19H,3-6,9H2,1-2H3,(H,20,21). The van der Waals surface area contributed by atoms with E-state index in [-0.39, 0.29) is 11.7 Å². The third-order valence-corrected chi connectivity index (χ3v) is 3.55. The first kappa shape index (κ1) is 15.5. The second-order valence-corrected chi connectivity index (χ2v) is 5.43. The van der Waals surface area contributed by atoms with Crippen molar-refractivity contribution in [3.63, 3.8) is 0 Å². The maximum absolute atomic E-state index is 11.0. The van der Waals surface area contributed by atoms with Crippen molar-refractivity contribution in [1.82, 2.24) is 9.55 Å². The van der Waals surface area contributed by atoms with Crippen LogP contribution in [-0.4, -0.2) is 31.8 Å². The highest BCUT2D eigenvalue weighted by Gasteiger charge is 2.12. The van der Waals surface area contributed by atoms with Crippen molar-refractivity contribution in [3.8, 4) is 0 Å². The lowest BCUT2D eigenvalue weighted by Gasteiger charge is -2.09. The normalized spacial score (nSPS) is 12.7. The van der Waals surface area contributed by atoms with E-state index >= 15 is 0 Å². The number of hydrogen-bond acceptors (Lipinski definition) is 3. The Morgan fingerprint density at radius 3 is 2.81 bits per heavy atom. The van der Waals surface area contributed by atoms with Gasteiger partial charge >= 0.3 is 5.97 Å². The molecule has 0 spiro atoms. The number of aliphatic hydroxyl groups is 1. The van der Waals surface area contributed by atoms with E-state index in [9.17, 15) is 9.90 Å².